The van der Waals surface area contributed by atoms with Crippen LogP contribution >= 0.6 is 11.3 Å². The number of aryl methyl sites for hydroxylation is 3. The number of anilines is 1. The number of ether oxygens (including phenoxy) is 1. The summed E-state index contributed by atoms with van der Waals surface area (Å²) >= 11 is 1.56. The molecule has 30 heavy (non-hydrogen) atoms. The summed E-state index contributed by atoms with van der Waals surface area (Å²) < 4.78 is 8.85. The predicted octanol–water partition coefficient (Wildman–Crippen LogP) is 4.61. The zero-order chi connectivity index (χ0) is 20.9. The fourth-order valence-electron chi connectivity index (χ4n) is 3.26. The molecule has 2 aromatic carbocycles. The van der Waals surface area contributed by atoms with Crippen LogP contribution in [0.4, 0.5) is 5.13 Å². The van der Waals surface area contributed by atoms with Crippen LogP contribution in [0.5, 0.6) is 5.75 Å². The Labute approximate surface area is 179 Å². The Balaban J connectivity index is 1.55. The van der Waals surface area contributed by atoms with E-state index in [2.05, 4.69) is 31.0 Å². The molecular formula is C23H24N4O2S. The average molecular weight is 421 g/mol. The van der Waals surface area contributed by atoms with Gasteiger partial charge in [0.25, 0.3) is 5.91 Å². The number of benzene rings is 2. The molecule has 1 amide bonds. The van der Waals surface area contributed by atoms with E-state index in [9.17, 15) is 4.79 Å². The lowest BCUT2D eigenvalue weighted by atomic mass is 10.1. The summed E-state index contributed by atoms with van der Waals surface area (Å²) in [6.45, 7) is 5.45. The molecule has 6 nitrogen and oxygen atoms in total. The number of hydrogen-bond acceptors (Lipinski definition) is 5. The zero-order valence-electron chi connectivity index (χ0n) is 17.1. The molecule has 0 saturated heterocycles. The number of fused-ring (bicyclic) bond motifs is 1. The first-order chi connectivity index (χ1) is 14.6. The van der Waals surface area contributed by atoms with Gasteiger partial charge in [-0.05, 0) is 43.5 Å². The van der Waals surface area contributed by atoms with Crippen molar-refractivity contribution >= 4 is 32.6 Å². The average Bonchev–Trinajstić information content (AvgIpc) is 3.44. The van der Waals surface area contributed by atoms with E-state index in [1.807, 2.05) is 41.1 Å². The molecule has 0 bridgehead atoms. The van der Waals surface area contributed by atoms with Gasteiger partial charge in [0.15, 0.2) is 11.7 Å². The van der Waals surface area contributed by atoms with Crippen LogP contribution in [0.15, 0.2) is 61.2 Å². The highest BCUT2D eigenvalue weighted by Gasteiger charge is 2.21. The third-order valence-corrected chi connectivity index (χ3v) is 6.14. The van der Waals surface area contributed by atoms with Crippen molar-refractivity contribution in [2.45, 2.75) is 26.8 Å². The first-order valence-electron chi connectivity index (χ1n) is 9.92. The predicted molar refractivity (Wildman–Crippen MR) is 120 cm³/mol. The van der Waals surface area contributed by atoms with E-state index in [0.717, 1.165) is 33.9 Å². The molecule has 0 aliphatic carbocycles. The molecule has 2 heterocycles. The van der Waals surface area contributed by atoms with Gasteiger partial charge in [-0.3, -0.25) is 9.69 Å². The number of hydrogen-bond donors (Lipinski definition) is 0. The topological polar surface area (TPSA) is 60.2 Å². The van der Waals surface area contributed by atoms with Crippen molar-refractivity contribution in [3.63, 3.8) is 0 Å². The van der Waals surface area contributed by atoms with E-state index in [1.54, 1.807) is 28.8 Å². The second-order valence-electron chi connectivity index (χ2n) is 7.17. The van der Waals surface area contributed by atoms with E-state index in [0.29, 0.717) is 12.3 Å². The molecule has 7 heteroatoms. The highest BCUT2D eigenvalue weighted by molar-refractivity contribution is 7.22. The van der Waals surface area contributed by atoms with Crippen LogP contribution < -0.4 is 9.64 Å². The fourth-order valence-corrected chi connectivity index (χ4v) is 4.42. The van der Waals surface area contributed by atoms with Gasteiger partial charge in [-0.2, -0.15) is 0 Å². The Bertz CT molecular complexity index is 1080. The van der Waals surface area contributed by atoms with E-state index >= 15 is 0 Å². The van der Waals surface area contributed by atoms with Gasteiger partial charge >= 0.3 is 0 Å². The molecule has 0 fully saturated rings. The van der Waals surface area contributed by atoms with Crippen LogP contribution in [-0.4, -0.2) is 33.6 Å². The standard InChI is InChI=1S/C23H24N4O2S/c1-17-9-10-18(2)22-21(17)25-23(30-22)27(13-6-12-26-14-11-24-16-26)20(28)15-29-19-7-4-3-5-8-19/h3-5,7-11,14,16H,6,12-13,15H2,1-2H3. The molecule has 0 saturated carbocycles. The van der Waals surface area contributed by atoms with E-state index in [1.165, 1.54) is 5.56 Å². The minimum Gasteiger partial charge on any atom is -0.484 e. The monoisotopic (exact) mass is 420 g/mol. The number of rotatable bonds is 8. The number of para-hydroxylation sites is 1. The van der Waals surface area contributed by atoms with E-state index in [-0.39, 0.29) is 12.5 Å². The van der Waals surface area contributed by atoms with Gasteiger partial charge in [-0.1, -0.05) is 41.7 Å². The van der Waals surface area contributed by atoms with Crippen LogP contribution in [0.3, 0.4) is 0 Å². The summed E-state index contributed by atoms with van der Waals surface area (Å²) in [5, 5.41) is 0.717. The Hall–Kier alpha value is -3.19. The van der Waals surface area contributed by atoms with Crippen LogP contribution in [0.25, 0.3) is 10.2 Å². The molecule has 0 N–H and O–H groups in total. The number of imidazole rings is 1. The maximum absolute atomic E-state index is 13.1. The van der Waals surface area contributed by atoms with Crippen LogP contribution in [-0.2, 0) is 11.3 Å². The molecule has 0 aliphatic rings. The van der Waals surface area contributed by atoms with Crippen molar-refractivity contribution in [3.05, 3.63) is 72.3 Å². The number of thiazole rings is 1. The van der Waals surface area contributed by atoms with Crippen LogP contribution in [0, 0.1) is 13.8 Å². The summed E-state index contributed by atoms with van der Waals surface area (Å²) in [4.78, 5) is 23.7. The number of carbonyl (C=O) groups is 1. The summed E-state index contributed by atoms with van der Waals surface area (Å²) in [5.74, 6) is 0.582. The summed E-state index contributed by atoms with van der Waals surface area (Å²) in [6.07, 6.45) is 6.27. The molecule has 0 spiro atoms. The van der Waals surface area contributed by atoms with Crippen molar-refractivity contribution < 1.29 is 9.53 Å². The lowest BCUT2D eigenvalue weighted by Crippen LogP contribution is -2.36. The third-order valence-electron chi connectivity index (χ3n) is 4.93. The van der Waals surface area contributed by atoms with Gasteiger partial charge in [0, 0.05) is 25.5 Å². The first kappa shape index (κ1) is 20.1. The van der Waals surface area contributed by atoms with Crippen molar-refractivity contribution in [2.24, 2.45) is 0 Å². The molecule has 4 rings (SSSR count). The molecule has 0 radical (unpaired) electrons. The molecular weight excluding hydrogens is 396 g/mol. The third kappa shape index (κ3) is 4.52. The maximum Gasteiger partial charge on any atom is 0.266 e. The largest absolute Gasteiger partial charge is 0.484 e. The minimum absolute atomic E-state index is 0.0248. The van der Waals surface area contributed by atoms with Crippen molar-refractivity contribution in [3.8, 4) is 5.75 Å². The number of amides is 1. The number of carbonyl (C=O) groups excluding carboxylic acids is 1. The quantitative estimate of drug-likeness (QED) is 0.418. The highest BCUT2D eigenvalue weighted by atomic mass is 32.1. The summed E-state index contributed by atoms with van der Waals surface area (Å²) in [7, 11) is 0. The zero-order valence-corrected chi connectivity index (χ0v) is 17.9. The van der Waals surface area contributed by atoms with Gasteiger partial charge in [0.2, 0.25) is 0 Å². The van der Waals surface area contributed by atoms with E-state index < -0.39 is 0 Å². The second-order valence-corrected chi connectivity index (χ2v) is 8.15. The molecule has 2 aromatic heterocycles. The Morgan fingerprint density at radius 2 is 1.93 bits per heavy atom. The Kier molecular flexibility index (Phi) is 6.09. The Morgan fingerprint density at radius 1 is 1.13 bits per heavy atom. The van der Waals surface area contributed by atoms with Gasteiger partial charge in [-0.25, -0.2) is 9.97 Å². The van der Waals surface area contributed by atoms with Crippen molar-refractivity contribution in [1.29, 1.82) is 0 Å². The smallest absolute Gasteiger partial charge is 0.266 e. The molecule has 0 aliphatic heterocycles. The van der Waals surface area contributed by atoms with Crippen molar-refractivity contribution in [1.82, 2.24) is 14.5 Å². The number of aromatic nitrogens is 3. The first-order valence-corrected chi connectivity index (χ1v) is 10.7. The summed E-state index contributed by atoms with van der Waals surface area (Å²) in [6, 6.07) is 13.6. The number of nitrogens with zero attached hydrogens (tertiary/aromatic N) is 4. The lowest BCUT2D eigenvalue weighted by Gasteiger charge is -2.20. The van der Waals surface area contributed by atoms with Crippen LogP contribution in [0.2, 0.25) is 0 Å². The minimum atomic E-state index is -0.0983. The molecule has 0 unspecified atom stereocenters. The van der Waals surface area contributed by atoms with Gasteiger partial charge < -0.3 is 9.30 Å². The van der Waals surface area contributed by atoms with Crippen molar-refractivity contribution in [2.75, 3.05) is 18.1 Å². The normalized spacial score (nSPS) is 11.0. The second kappa shape index (κ2) is 9.09. The van der Waals surface area contributed by atoms with E-state index in [4.69, 9.17) is 9.72 Å². The maximum atomic E-state index is 13.1. The Morgan fingerprint density at radius 3 is 2.67 bits per heavy atom. The SMILES string of the molecule is Cc1ccc(C)c2sc(N(CCCn3ccnc3)C(=O)COc3ccccc3)nc12. The highest BCUT2D eigenvalue weighted by Crippen LogP contribution is 2.33. The molecule has 0 atom stereocenters. The summed E-state index contributed by atoms with van der Waals surface area (Å²) in [5.41, 5.74) is 3.25. The van der Waals surface area contributed by atoms with Gasteiger partial charge in [0.05, 0.1) is 16.5 Å². The lowest BCUT2D eigenvalue weighted by molar-refractivity contribution is -0.120. The molecule has 154 valence electrons. The van der Waals surface area contributed by atoms with Crippen LogP contribution in [0.1, 0.15) is 17.5 Å². The molecule has 4 aromatic rings. The van der Waals surface area contributed by atoms with Gasteiger partial charge in [-0.15, -0.1) is 0 Å². The fraction of sp³-hybridized carbons (Fsp3) is 0.261. The van der Waals surface area contributed by atoms with Gasteiger partial charge in [0.1, 0.15) is 5.75 Å².